The van der Waals surface area contributed by atoms with E-state index in [-0.39, 0.29) is 18.1 Å². The summed E-state index contributed by atoms with van der Waals surface area (Å²) < 4.78 is 5.96. The van der Waals surface area contributed by atoms with Crippen LogP contribution in [0.4, 0.5) is 4.79 Å². The van der Waals surface area contributed by atoms with E-state index in [1.807, 2.05) is 49.2 Å². The van der Waals surface area contributed by atoms with E-state index in [2.05, 4.69) is 22.2 Å². The fourth-order valence-electron chi connectivity index (χ4n) is 3.78. The standard InChI is InChI=1S/C23H31ClN4O2/c1-17-20(5-4-6-21(17)24)22(16-30-15-18-7-11-25-12-8-18)26-23(29)28(3)19-9-13-27(2)14-10-19/h4-8,11-12,19,22H,9-10,13-16H2,1-3H3,(H,26,29). The molecule has 0 bridgehead atoms. The molecule has 3 rings (SSSR count). The molecule has 1 saturated heterocycles. The molecule has 2 heterocycles. The average molecular weight is 431 g/mol. The number of benzene rings is 1. The highest BCUT2D eigenvalue weighted by molar-refractivity contribution is 6.31. The summed E-state index contributed by atoms with van der Waals surface area (Å²) in [4.78, 5) is 21.2. The van der Waals surface area contributed by atoms with Gasteiger partial charge in [-0.25, -0.2) is 4.79 Å². The molecule has 2 aromatic rings. The molecule has 7 heteroatoms. The van der Waals surface area contributed by atoms with E-state index in [9.17, 15) is 4.79 Å². The van der Waals surface area contributed by atoms with E-state index < -0.39 is 0 Å². The van der Waals surface area contributed by atoms with Gasteiger partial charge in [-0.15, -0.1) is 0 Å². The van der Waals surface area contributed by atoms with E-state index in [4.69, 9.17) is 16.3 Å². The molecular weight excluding hydrogens is 400 g/mol. The summed E-state index contributed by atoms with van der Waals surface area (Å²) in [7, 11) is 4.00. The molecule has 1 N–H and O–H groups in total. The number of aromatic nitrogens is 1. The first-order valence-electron chi connectivity index (χ1n) is 10.4. The molecule has 0 spiro atoms. The Bertz CT molecular complexity index is 825. The lowest BCUT2D eigenvalue weighted by atomic mass is 10.0. The Balaban J connectivity index is 1.68. The van der Waals surface area contributed by atoms with Crippen LogP contribution in [0.15, 0.2) is 42.7 Å². The Morgan fingerprint density at radius 1 is 1.30 bits per heavy atom. The van der Waals surface area contributed by atoms with Gasteiger partial charge in [-0.05, 0) is 74.8 Å². The maximum absolute atomic E-state index is 13.0. The van der Waals surface area contributed by atoms with Crippen molar-refractivity contribution >= 4 is 17.6 Å². The van der Waals surface area contributed by atoms with Crippen LogP contribution in [0.5, 0.6) is 0 Å². The minimum absolute atomic E-state index is 0.0820. The van der Waals surface area contributed by atoms with Crippen LogP contribution in [0.1, 0.15) is 35.6 Å². The number of nitrogens with one attached hydrogen (secondary N) is 1. The molecule has 1 aliphatic heterocycles. The third kappa shape index (κ3) is 5.94. The second-order valence-electron chi connectivity index (χ2n) is 7.97. The minimum atomic E-state index is -0.285. The van der Waals surface area contributed by atoms with E-state index in [0.29, 0.717) is 18.2 Å². The monoisotopic (exact) mass is 430 g/mol. The van der Waals surface area contributed by atoms with Crippen LogP contribution in [-0.4, -0.2) is 60.6 Å². The molecule has 1 unspecified atom stereocenters. The van der Waals surface area contributed by atoms with Crippen molar-refractivity contribution in [2.75, 3.05) is 33.8 Å². The number of amides is 2. The van der Waals surface area contributed by atoms with E-state index in [1.54, 1.807) is 12.4 Å². The van der Waals surface area contributed by atoms with Gasteiger partial charge in [0, 0.05) is 30.5 Å². The molecule has 1 aliphatic rings. The summed E-state index contributed by atoms with van der Waals surface area (Å²) in [5, 5.41) is 3.86. The van der Waals surface area contributed by atoms with Gasteiger partial charge in [0.15, 0.2) is 0 Å². The predicted molar refractivity (Wildman–Crippen MR) is 120 cm³/mol. The fraction of sp³-hybridized carbons (Fsp3) is 0.478. The SMILES string of the molecule is Cc1c(Cl)cccc1C(COCc1ccncc1)NC(=O)N(C)C1CCN(C)CC1. The minimum Gasteiger partial charge on any atom is -0.374 e. The number of piperidine rings is 1. The van der Waals surface area contributed by atoms with Crippen molar-refractivity contribution in [3.63, 3.8) is 0 Å². The maximum Gasteiger partial charge on any atom is 0.317 e. The molecule has 2 amide bonds. The number of pyridine rings is 1. The van der Waals surface area contributed by atoms with Gasteiger partial charge in [0.2, 0.25) is 0 Å². The van der Waals surface area contributed by atoms with Crippen molar-refractivity contribution in [1.29, 1.82) is 0 Å². The van der Waals surface area contributed by atoms with Crippen LogP contribution in [0.3, 0.4) is 0 Å². The summed E-state index contributed by atoms with van der Waals surface area (Å²) in [5.41, 5.74) is 2.97. The van der Waals surface area contributed by atoms with E-state index in [0.717, 1.165) is 42.6 Å². The largest absolute Gasteiger partial charge is 0.374 e. The lowest BCUT2D eigenvalue weighted by molar-refractivity contribution is 0.0945. The number of ether oxygens (including phenoxy) is 1. The van der Waals surface area contributed by atoms with E-state index >= 15 is 0 Å². The molecule has 6 nitrogen and oxygen atoms in total. The third-order valence-electron chi connectivity index (χ3n) is 5.84. The zero-order valence-electron chi connectivity index (χ0n) is 18.0. The fourth-order valence-corrected chi connectivity index (χ4v) is 3.97. The Morgan fingerprint density at radius 2 is 2.00 bits per heavy atom. The number of carbonyl (C=O) groups excluding carboxylic acids is 1. The first kappa shape index (κ1) is 22.5. The first-order valence-corrected chi connectivity index (χ1v) is 10.8. The molecule has 0 aliphatic carbocycles. The van der Waals surface area contributed by atoms with Gasteiger partial charge < -0.3 is 19.9 Å². The molecule has 0 radical (unpaired) electrons. The highest BCUT2D eigenvalue weighted by atomic mass is 35.5. The van der Waals surface area contributed by atoms with Crippen molar-refractivity contribution in [2.45, 2.75) is 38.5 Å². The summed E-state index contributed by atoms with van der Waals surface area (Å²) in [6, 6.07) is 9.50. The Hall–Kier alpha value is -2.15. The first-order chi connectivity index (χ1) is 14.5. The third-order valence-corrected chi connectivity index (χ3v) is 6.25. The van der Waals surface area contributed by atoms with Crippen LogP contribution in [0, 0.1) is 6.92 Å². The normalized spacial score (nSPS) is 16.3. The molecule has 0 saturated carbocycles. The number of hydrogen-bond acceptors (Lipinski definition) is 4. The number of nitrogens with zero attached hydrogens (tertiary/aromatic N) is 3. The summed E-state index contributed by atoms with van der Waals surface area (Å²) >= 11 is 6.35. The van der Waals surface area contributed by atoms with Crippen LogP contribution in [0.2, 0.25) is 5.02 Å². The Kier molecular flexibility index (Phi) is 8.08. The lowest BCUT2D eigenvalue weighted by Crippen LogP contribution is -2.49. The molecule has 1 fully saturated rings. The van der Waals surface area contributed by atoms with Gasteiger partial charge in [-0.2, -0.15) is 0 Å². The Morgan fingerprint density at radius 3 is 2.70 bits per heavy atom. The average Bonchev–Trinajstić information content (AvgIpc) is 2.76. The van der Waals surface area contributed by atoms with Crippen molar-refractivity contribution in [2.24, 2.45) is 0 Å². The Labute approximate surface area is 184 Å². The van der Waals surface area contributed by atoms with Crippen LogP contribution < -0.4 is 5.32 Å². The number of halogens is 1. The highest BCUT2D eigenvalue weighted by Gasteiger charge is 2.26. The molecule has 162 valence electrons. The topological polar surface area (TPSA) is 57.7 Å². The van der Waals surface area contributed by atoms with Gasteiger partial charge >= 0.3 is 6.03 Å². The number of carbonyl (C=O) groups is 1. The molecule has 1 aromatic carbocycles. The molecule has 1 aromatic heterocycles. The van der Waals surface area contributed by atoms with Crippen molar-refractivity contribution < 1.29 is 9.53 Å². The van der Waals surface area contributed by atoms with Crippen molar-refractivity contribution in [3.05, 3.63) is 64.4 Å². The number of urea groups is 1. The predicted octanol–water partition coefficient (Wildman–Crippen LogP) is 4.04. The quantitative estimate of drug-likeness (QED) is 0.720. The van der Waals surface area contributed by atoms with Crippen LogP contribution in [-0.2, 0) is 11.3 Å². The van der Waals surface area contributed by atoms with Crippen molar-refractivity contribution in [3.8, 4) is 0 Å². The van der Waals surface area contributed by atoms with Crippen LogP contribution in [0.25, 0.3) is 0 Å². The van der Waals surface area contributed by atoms with Gasteiger partial charge in [-0.1, -0.05) is 23.7 Å². The molecule has 1 atom stereocenters. The second kappa shape index (κ2) is 10.8. The second-order valence-corrected chi connectivity index (χ2v) is 8.38. The highest BCUT2D eigenvalue weighted by Crippen LogP contribution is 2.25. The number of rotatable bonds is 7. The summed E-state index contributed by atoms with van der Waals surface area (Å²) in [6.07, 6.45) is 5.46. The smallest absolute Gasteiger partial charge is 0.317 e. The van der Waals surface area contributed by atoms with Gasteiger partial charge in [-0.3, -0.25) is 4.98 Å². The van der Waals surface area contributed by atoms with Gasteiger partial charge in [0.1, 0.15) is 0 Å². The molecule has 30 heavy (non-hydrogen) atoms. The summed E-state index contributed by atoms with van der Waals surface area (Å²) in [6.45, 7) is 4.80. The molecular formula is C23H31ClN4O2. The number of likely N-dealkylation sites (tertiary alicyclic amines) is 1. The number of hydrogen-bond donors (Lipinski definition) is 1. The van der Waals surface area contributed by atoms with Gasteiger partial charge in [0.05, 0.1) is 19.3 Å². The van der Waals surface area contributed by atoms with Crippen molar-refractivity contribution in [1.82, 2.24) is 20.1 Å². The summed E-state index contributed by atoms with van der Waals surface area (Å²) in [5.74, 6) is 0. The lowest BCUT2D eigenvalue weighted by Gasteiger charge is -2.36. The zero-order valence-corrected chi connectivity index (χ0v) is 18.7. The van der Waals surface area contributed by atoms with Crippen LogP contribution >= 0.6 is 11.6 Å². The van der Waals surface area contributed by atoms with E-state index in [1.165, 1.54) is 0 Å². The zero-order chi connectivity index (χ0) is 21.5. The maximum atomic E-state index is 13.0. The van der Waals surface area contributed by atoms with Gasteiger partial charge in [0.25, 0.3) is 0 Å².